The Morgan fingerprint density at radius 1 is 1.21 bits per heavy atom. The van der Waals surface area contributed by atoms with Crippen LogP contribution in [0, 0.1) is 0 Å². The average molecular weight is 336 g/mol. The number of rotatable bonds is 8. The van der Waals surface area contributed by atoms with Crippen LogP contribution >= 0.6 is 0 Å². The molecule has 1 aliphatic rings. The molecule has 2 N–H and O–H groups in total. The maximum absolute atomic E-state index is 11.5. The lowest BCUT2D eigenvalue weighted by molar-refractivity contribution is -0.119. The third kappa shape index (κ3) is 3.93. The van der Waals surface area contributed by atoms with Crippen LogP contribution in [0.5, 0.6) is 17.2 Å². The first kappa shape index (κ1) is 18.4. The smallest absolute Gasteiger partial charge is 0.220 e. The molecule has 6 nitrogen and oxygen atoms in total. The molecule has 6 heteroatoms. The van der Waals surface area contributed by atoms with E-state index < -0.39 is 0 Å². The summed E-state index contributed by atoms with van der Waals surface area (Å²) >= 11 is 0. The molecule has 1 aliphatic heterocycles. The van der Waals surface area contributed by atoms with E-state index in [1.54, 1.807) is 21.3 Å². The zero-order valence-electron chi connectivity index (χ0n) is 15.2. The van der Waals surface area contributed by atoms with Gasteiger partial charge in [0.1, 0.15) is 0 Å². The van der Waals surface area contributed by atoms with E-state index in [1.807, 2.05) is 12.1 Å². The summed E-state index contributed by atoms with van der Waals surface area (Å²) in [5, 5.41) is 6.62. The molecule has 1 fully saturated rings. The van der Waals surface area contributed by atoms with Gasteiger partial charge in [0.05, 0.1) is 26.9 Å². The summed E-state index contributed by atoms with van der Waals surface area (Å²) < 4.78 is 16.2. The SMILES string of the molecule is CCC(NCC1(C)CCC(=O)N1)c1cc(OC)c(OC)c(OC)c1. The lowest BCUT2D eigenvalue weighted by Gasteiger charge is -2.28. The van der Waals surface area contributed by atoms with E-state index in [1.165, 1.54) is 0 Å². The number of carbonyl (C=O) groups is 1. The lowest BCUT2D eigenvalue weighted by Crippen LogP contribution is -2.47. The Labute approximate surface area is 143 Å². The average Bonchev–Trinajstić information content (AvgIpc) is 2.93. The highest BCUT2D eigenvalue weighted by molar-refractivity contribution is 5.79. The maximum Gasteiger partial charge on any atom is 0.220 e. The van der Waals surface area contributed by atoms with Crippen molar-refractivity contribution in [3.63, 3.8) is 0 Å². The molecule has 0 aromatic heterocycles. The van der Waals surface area contributed by atoms with Gasteiger partial charge < -0.3 is 24.8 Å². The molecule has 0 saturated carbocycles. The normalized spacial score (nSPS) is 21.3. The van der Waals surface area contributed by atoms with Gasteiger partial charge in [0.25, 0.3) is 0 Å². The largest absolute Gasteiger partial charge is 0.493 e. The fourth-order valence-electron chi connectivity index (χ4n) is 3.13. The lowest BCUT2D eigenvalue weighted by atomic mass is 9.97. The van der Waals surface area contributed by atoms with E-state index in [9.17, 15) is 4.79 Å². The van der Waals surface area contributed by atoms with Crippen molar-refractivity contribution < 1.29 is 19.0 Å². The summed E-state index contributed by atoms with van der Waals surface area (Å²) in [6.45, 7) is 4.91. The van der Waals surface area contributed by atoms with Crippen molar-refractivity contribution in [2.24, 2.45) is 0 Å². The van der Waals surface area contributed by atoms with Gasteiger partial charge in [-0.05, 0) is 37.5 Å². The maximum atomic E-state index is 11.5. The number of methoxy groups -OCH3 is 3. The summed E-state index contributed by atoms with van der Waals surface area (Å²) in [6, 6.07) is 4.07. The first-order chi connectivity index (χ1) is 11.5. The number of hydrogen-bond acceptors (Lipinski definition) is 5. The van der Waals surface area contributed by atoms with Gasteiger partial charge in [0.2, 0.25) is 11.7 Å². The van der Waals surface area contributed by atoms with Crippen LogP contribution < -0.4 is 24.8 Å². The third-order valence-electron chi connectivity index (χ3n) is 4.58. The van der Waals surface area contributed by atoms with Gasteiger partial charge in [0, 0.05) is 19.0 Å². The van der Waals surface area contributed by atoms with Gasteiger partial charge in [-0.15, -0.1) is 0 Å². The number of benzene rings is 1. The zero-order chi connectivity index (χ0) is 17.7. The first-order valence-corrected chi connectivity index (χ1v) is 8.30. The topological polar surface area (TPSA) is 68.8 Å². The van der Waals surface area contributed by atoms with Crippen molar-refractivity contribution >= 4 is 5.91 Å². The van der Waals surface area contributed by atoms with Crippen LogP contribution in [-0.4, -0.2) is 39.3 Å². The molecular formula is C18H28N2O4. The second-order valence-electron chi connectivity index (χ2n) is 6.41. The molecule has 0 bridgehead atoms. The molecule has 1 amide bonds. The van der Waals surface area contributed by atoms with E-state index in [0.717, 1.165) is 18.4 Å². The van der Waals surface area contributed by atoms with Crippen LogP contribution in [0.4, 0.5) is 0 Å². The fourth-order valence-corrected chi connectivity index (χ4v) is 3.13. The van der Waals surface area contributed by atoms with Crippen LogP contribution in [0.1, 0.15) is 44.7 Å². The summed E-state index contributed by atoms with van der Waals surface area (Å²) in [5.74, 6) is 2.01. The Balaban J connectivity index is 2.19. The van der Waals surface area contributed by atoms with Crippen molar-refractivity contribution in [2.75, 3.05) is 27.9 Å². The van der Waals surface area contributed by atoms with Crippen molar-refractivity contribution in [1.82, 2.24) is 10.6 Å². The Morgan fingerprint density at radius 2 is 1.83 bits per heavy atom. The van der Waals surface area contributed by atoms with Crippen LogP contribution in [0.25, 0.3) is 0 Å². The molecule has 2 unspecified atom stereocenters. The summed E-state index contributed by atoms with van der Waals surface area (Å²) in [5.41, 5.74) is 0.880. The van der Waals surface area contributed by atoms with E-state index in [0.29, 0.717) is 30.2 Å². The van der Waals surface area contributed by atoms with E-state index in [-0.39, 0.29) is 17.5 Å². The Morgan fingerprint density at radius 3 is 2.25 bits per heavy atom. The van der Waals surface area contributed by atoms with Crippen LogP contribution in [0.15, 0.2) is 12.1 Å². The minimum atomic E-state index is -0.189. The van der Waals surface area contributed by atoms with Crippen LogP contribution in [0.3, 0.4) is 0 Å². The fraction of sp³-hybridized carbons (Fsp3) is 0.611. The zero-order valence-corrected chi connectivity index (χ0v) is 15.2. The van der Waals surface area contributed by atoms with Crippen LogP contribution in [0.2, 0.25) is 0 Å². The number of amides is 1. The quantitative estimate of drug-likeness (QED) is 0.763. The van der Waals surface area contributed by atoms with Gasteiger partial charge in [-0.25, -0.2) is 0 Å². The molecule has 1 saturated heterocycles. The van der Waals surface area contributed by atoms with Crippen LogP contribution in [-0.2, 0) is 4.79 Å². The highest BCUT2D eigenvalue weighted by Gasteiger charge is 2.33. The third-order valence-corrected chi connectivity index (χ3v) is 4.58. The van der Waals surface area contributed by atoms with E-state index in [2.05, 4.69) is 24.5 Å². The molecule has 0 aliphatic carbocycles. The first-order valence-electron chi connectivity index (χ1n) is 8.30. The molecular weight excluding hydrogens is 308 g/mol. The molecule has 1 aromatic rings. The van der Waals surface area contributed by atoms with Gasteiger partial charge in [-0.1, -0.05) is 6.92 Å². The molecule has 2 rings (SSSR count). The molecule has 0 radical (unpaired) electrons. The Bertz CT molecular complexity index is 565. The molecule has 1 heterocycles. The highest BCUT2D eigenvalue weighted by atomic mass is 16.5. The summed E-state index contributed by atoms with van der Waals surface area (Å²) in [7, 11) is 4.83. The Kier molecular flexibility index (Phi) is 5.94. The monoisotopic (exact) mass is 336 g/mol. The number of carbonyl (C=O) groups excluding carboxylic acids is 1. The highest BCUT2D eigenvalue weighted by Crippen LogP contribution is 2.40. The van der Waals surface area contributed by atoms with Crippen molar-refractivity contribution in [1.29, 1.82) is 0 Å². The summed E-state index contributed by atoms with van der Waals surface area (Å²) in [4.78, 5) is 11.5. The standard InChI is InChI=1S/C18H28N2O4/c1-6-13(19-11-18(2)8-7-16(21)20-18)12-9-14(22-3)17(24-5)15(10-12)23-4/h9-10,13,19H,6-8,11H2,1-5H3,(H,20,21). The molecule has 1 aromatic carbocycles. The minimum Gasteiger partial charge on any atom is -0.493 e. The molecule has 134 valence electrons. The predicted molar refractivity (Wildman–Crippen MR) is 92.9 cm³/mol. The van der Waals surface area contributed by atoms with Gasteiger partial charge >= 0.3 is 0 Å². The number of hydrogen-bond donors (Lipinski definition) is 2. The van der Waals surface area contributed by atoms with Crippen molar-refractivity contribution in [3.8, 4) is 17.2 Å². The van der Waals surface area contributed by atoms with Crippen molar-refractivity contribution in [2.45, 2.75) is 44.7 Å². The van der Waals surface area contributed by atoms with Gasteiger partial charge in [-0.3, -0.25) is 4.79 Å². The van der Waals surface area contributed by atoms with Gasteiger partial charge in [-0.2, -0.15) is 0 Å². The second-order valence-corrected chi connectivity index (χ2v) is 6.41. The Hall–Kier alpha value is -1.95. The molecule has 2 atom stereocenters. The van der Waals surface area contributed by atoms with Gasteiger partial charge in [0.15, 0.2) is 11.5 Å². The van der Waals surface area contributed by atoms with E-state index in [4.69, 9.17) is 14.2 Å². The molecule has 0 spiro atoms. The minimum absolute atomic E-state index is 0.125. The molecule has 24 heavy (non-hydrogen) atoms. The number of ether oxygens (including phenoxy) is 3. The second kappa shape index (κ2) is 7.75. The van der Waals surface area contributed by atoms with E-state index >= 15 is 0 Å². The van der Waals surface area contributed by atoms with Crippen molar-refractivity contribution in [3.05, 3.63) is 17.7 Å². The summed E-state index contributed by atoms with van der Waals surface area (Å²) in [6.07, 6.45) is 2.35. The number of nitrogens with one attached hydrogen (secondary N) is 2. The predicted octanol–water partition coefficient (Wildman–Crippen LogP) is 2.42.